The number of nitrogen functional groups attached to an aromatic ring is 1. The second-order valence-corrected chi connectivity index (χ2v) is 18.9. The number of anilines is 5. The van der Waals surface area contributed by atoms with Gasteiger partial charge in [-0.1, -0.05) is 59.6 Å². The van der Waals surface area contributed by atoms with Crippen LogP contribution in [-0.4, -0.2) is 67.4 Å². The number of aromatic carboxylic acids is 2. The molecule has 0 aliphatic carbocycles. The second kappa shape index (κ2) is 20.3. The molecule has 7 rings (SSSR count). The highest BCUT2D eigenvalue weighted by Gasteiger charge is 2.20. The molecule has 0 fully saturated rings. The van der Waals surface area contributed by atoms with Crippen molar-refractivity contribution in [2.24, 2.45) is 0 Å². The molecule has 1 amide bonds. The van der Waals surface area contributed by atoms with Crippen molar-refractivity contribution in [3.8, 4) is 0 Å². The Hall–Kier alpha value is -6.63. The second-order valence-electron chi connectivity index (χ2n) is 12.7. The number of nitrogens with zero attached hydrogens (tertiary/aromatic N) is 1. The molecule has 0 unspecified atom stereocenters. The van der Waals surface area contributed by atoms with Gasteiger partial charge in [0.15, 0.2) is 5.13 Å². The first-order valence-corrected chi connectivity index (χ1v) is 23.5. The van der Waals surface area contributed by atoms with Crippen molar-refractivity contribution in [2.45, 2.75) is 14.7 Å². The topological polar surface area (TPSA) is 310 Å². The van der Waals surface area contributed by atoms with E-state index in [1.165, 1.54) is 66.9 Å². The van der Waals surface area contributed by atoms with Gasteiger partial charge in [-0.25, -0.2) is 23.0 Å². The number of sulfonamides is 1. The summed E-state index contributed by atoms with van der Waals surface area (Å²) in [6, 6.07) is 28.7. The van der Waals surface area contributed by atoms with E-state index in [0.29, 0.717) is 27.1 Å². The van der Waals surface area contributed by atoms with Crippen LogP contribution in [0.15, 0.2) is 148 Å². The summed E-state index contributed by atoms with van der Waals surface area (Å²) in [6.45, 7) is 0. The van der Waals surface area contributed by atoms with Gasteiger partial charge in [0, 0.05) is 33.4 Å². The van der Waals surface area contributed by atoms with E-state index in [-0.39, 0.29) is 43.2 Å². The van der Waals surface area contributed by atoms with Crippen molar-refractivity contribution in [1.29, 1.82) is 0 Å². The molecule has 0 bridgehead atoms. The van der Waals surface area contributed by atoms with Crippen molar-refractivity contribution in [1.82, 2.24) is 4.98 Å². The maximum Gasteiger partial charge on any atom is 0.337 e. The molecule has 24 heteroatoms. The Bertz CT molecular complexity index is 3230. The molecule has 0 spiro atoms. The molecule has 6 aromatic carbocycles. The zero-order chi connectivity index (χ0) is 47.0. The molecular weight excluding hydrogens is 958 g/mol. The fourth-order valence-corrected chi connectivity index (χ4v) is 8.93. The van der Waals surface area contributed by atoms with Gasteiger partial charge in [-0.3, -0.25) is 18.6 Å². The summed E-state index contributed by atoms with van der Waals surface area (Å²) < 4.78 is 89.5. The Balaban J connectivity index is 0.000000186. The minimum absolute atomic E-state index is 0.00151. The smallest absolute Gasteiger partial charge is 0.337 e. The number of halogens is 2. The molecular formula is C40H31Cl2N5O13S4. The lowest BCUT2D eigenvalue weighted by Gasteiger charge is -2.11. The van der Waals surface area contributed by atoms with Gasteiger partial charge in [0.2, 0.25) is 0 Å². The number of nitrogens with one attached hydrogen (secondary N) is 3. The van der Waals surface area contributed by atoms with Crippen LogP contribution >= 0.6 is 34.5 Å². The van der Waals surface area contributed by atoms with Gasteiger partial charge in [-0.2, -0.15) is 16.8 Å². The highest BCUT2D eigenvalue weighted by atomic mass is 35.5. The highest BCUT2D eigenvalue weighted by molar-refractivity contribution is 7.93. The van der Waals surface area contributed by atoms with E-state index in [1.807, 2.05) is 0 Å². The van der Waals surface area contributed by atoms with Crippen molar-refractivity contribution in [3.63, 3.8) is 0 Å². The predicted octanol–water partition coefficient (Wildman–Crippen LogP) is 8.25. The van der Waals surface area contributed by atoms with Crippen LogP contribution in [0.25, 0.3) is 10.8 Å². The van der Waals surface area contributed by atoms with Gasteiger partial charge in [0.05, 0.1) is 42.9 Å². The lowest BCUT2D eigenvalue weighted by atomic mass is 10.1. The standard InChI is InChI=1S/C17H13N3O5S2.C13H9Cl2NO2.C10H9NO6S2/c21-15(13-3-1-2-4-14(13)16(22)23)19-11-5-7-12(8-6-11)27(24,25)20-17-18-9-10-26-17;14-8-5-6-10(15)12(7-8)16-11-4-2-1-3-9(11)13(17)18;11-8-5-7(18(12,13)14)4-6-2-1-3-9(10(6)8)19(15,16)17/h1-10H,(H,18,20)(H,19,21)(H,22,23);1-7,16H,(H,17,18);1-5H,11H2,(H,12,13,14)(H,15,16,17). The van der Waals surface area contributed by atoms with Crippen LogP contribution in [-0.2, 0) is 30.3 Å². The van der Waals surface area contributed by atoms with Crippen LogP contribution < -0.4 is 21.1 Å². The van der Waals surface area contributed by atoms with Crippen molar-refractivity contribution in [2.75, 3.05) is 21.1 Å². The van der Waals surface area contributed by atoms with Gasteiger partial charge >= 0.3 is 11.9 Å². The van der Waals surface area contributed by atoms with Crippen LogP contribution in [0.5, 0.6) is 0 Å². The average Bonchev–Trinajstić information content (AvgIpc) is 3.74. The van der Waals surface area contributed by atoms with Gasteiger partial charge in [-0.15, -0.1) is 11.3 Å². The Kier molecular flexibility index (Phi) is 15.3. The molecule has 0 aliphatic rings. The number of hydrogen-bond donors (Lipinski definition) is 8. The summed E-state index contributed by atoms with van der Waals surface area (Å²) in [4.78, 5) is 37.6. The first-order valence-electron chi connectivity index (χ1n) is 17.5. The van der Waals surface area contributed by atoms with Gasteiger partial charge in [0.25, 0.3) is 36.2 Å². The summed E-state index contributed by atoms with van der Waals surface area (Å²) >= 11 is 13.0. The number of aromatic nitrogens is 1. The van der Waals surface area contributed by atoms with Gasteiger partial charge in [-0.05, 0) is 90.3 Å². The monoisotopic (exact) mass is 987 g/mol. The number of fused-ring (bicyclic) bond motifs is 1. The zero-order valence-corrected chi connectivity index (χ0v) is 36.9. The summed E-state index contributed by atoms with van der Waals surface area (Å²) in [5.74, 6) is -2.82. The van der Waals surface area contributed by atoms with E-state index in [9.17, 15) is 39.6 Å². The number of carboxylic acid groups (broad SMARTS) is 2. The molecule has 1 heterocycles. The van der Waals surface area contributed by atoms with Gasteiger partial charge < -0.3 is 26.6 Å². The minimum Gasteiger partial charge on any atom is -0.478 e. The van der Waals surface area contributed by atoms with E-state index in [1.54, 1.807) is 47.8 Å². The van der Waals surface area contributed by atoms with E-state index in [0.717, 1.165) is 29.5 Å². The third-order valence-electron chi connectivity index (χ3n) is 8.35. The first-order chi connectivity index (χ1) is 30.0. The molecule has 0 aliphatic heterocycles. The first kappa shape index (κ1) is 48.4. The molecule has 7 aromatic rings. The molecule has 18 nitrogen and oxygen atoms in total. The Morgan fingerprint density at radius 3 is 1.88 bits per heavy atom. The third kappa shape index (κ3) is 12.5. The quantitative estimate of drug-likeness (QED) is 0.0447. The zero-order valence-electron chi connectivity index (χ0n) is 32.1. The number of hydrogen-bond acceptors (Lipinski definition) is 13. The van der Waals surface area contributed by atoms with Crippen LogP contribution in [0, 0.1) is 0 Å². The summed E-state index contributed by atoms with van der Waals surface area (Å²) in [7, 11) is -12.7. The number of para-hydroxylation sites is 1. The van der Waals surface area contributed by atoms with Crippen LogP contribution in [0.3, 0.4) is 0 Å². The van der Waals surface area contributed by atoms with Crippen molar-refractivity contribution in [3.05, 3.63) is 160 Å². The molecule has 9 N–H and O–H groups in total. The maximum atomic E-state index is 12.3. The normalized spacial score (nSPS) is 11.2. The summed E-state index contributed by atoms with van der Waals surface area (Å²) in [5.41, 5.74) is 6.84. The van der Waals surface area contributed by atoms with Crippen LogP contribution in [0.1, 0.15) is 31.1 Å². The van der Waals surface area contributed by atoms with Crippen molar-refractivity contribution >= 4 is 121 Å². The minimum atomic E-state index is -4.49. The Morgan fingerprint density at radius 2 is 1.28 bits per heavy atom. The third-order valence-corrected chi connectivity index (χ3v) is 12.8. The highest BCUT2D eigenvalue weighted by Crippen LogP contribution is 2.32. The SMILES string of the molecule is Nc1cc(S(=O)(=O)O)cc2cccc(S(=O)(=O)O)c12.O=C(O)c1ccccc1C(=O)Nc1ccc(S(=O)(=O)Nc2nccs2)cc1.O=C(O)c1ccccc1Nc1cc(Cl)ccc1Cl. The van der Waals surface area contributed by atoms with Crippen LogP contribution in [0.4, 0.5) is 27.9 Å². The molecule has 64 heavy (non-hydrogen) atoms. The van der Waals surface area contributed by atoms with E-state index >= 15 is 0 Å². The van der Waals surface area contributed by atoms with E-state index in [4.69, 9.17) is 48.3 Å². The molecule has 0 atom stereocenters. The fraction of sp³-hybridized carbons (Fsp3) is 0. The van der Waals surface area contributed by atoms with Gasteiger partial charge in [0.1, 0.15) is 4.90 Å². The number of nitrogens with two attached hydrogens (primary N) is 1. The number of benzene rings is 6. The van der Waals surface area contributed by atoms with E-state index < -0.39 is 57.9 Å². The Morgan fingerprint density at radius 1 is 0.656 bits per heavy atom. The van der Waals surface area contributed by atoms with E-state index in [2.05, 4.69) is 20.3 Å². The largest absolute Gasteiger partial charge is 0.478 e. The van der Waals surface area contributed by atoms with Crippen LogP contribution in [0.2, 0.25) is 10.0 Å². The predicted molar refractivity (Wildman–Crippen MR) is 242 cm³/mol. The fourth-order valence-electron chi connectivity index (χ4n) is 5.51. The maximum absolute atomic E-state index is 12.3. The summed E-state index contributed by atoms with van der Waals surface area (Å²) in [5, 5.41) is 26.8. The number of carboxylic acids is 2. The lowest BCUT2D eigenvalue weighted by molar-refractivity contribution is 0.0685. The molecule has 0 radical (unpaired) electrons. The number of amides is 1. The number of carbonyl (C=O) groups excluding carboxylic acids is 1. The molecule has 1 aromatic heterocycles. The molecule has 0 saturated carbocycles. The molecule has 0 saturated heterocycles. The van der Waals surface area contributed by atoms with Crippen molar-refractivity contribution < 1.29 is 59.0 Å². The number of carbonyl (C=O) groups is 3. The number of rotatable bonds is 11. The Labute approximate surface area is 378 Å². The lowest BCUT2D eigenvalue weighted by Crippen LogP contribution is -2.16. The summed E-state index contributed by atoms with van der Waals surface area (Å²) in [6.07, 6.45) is 1.48. The number of thiazole rings is 1. The molecule has 332 valence electrons. The average molecular weight is 989 g/mol.